The molecule has 0 bridgehead atoms. The van der Waals surface area contributed by atoms with Crippen molar-refractivity contribution in [2.75, 3.05) is 11.1 Å². The summed E-state index contributed by atoms with van der Waals surface area (Å²) in [6.07, 6.45) is -1.69. The molecule has 0 atom stereocenters. The van der Waals surface area contributed by atoms with Gasteiger partial charge in [0.2, 0.25) is 0 Å². The SMILES string of the molecule is CCn1ncc(N)c1-c1nn(C)cc1NC(=O)c1ccccc1C(F)(F)F. The normalized spacial score (nSPS) is 11.6. The fraction of sp³-hybridized carbons (Fsp3) is 0.235. The molecule has 0 aliphatic heterocycles. The molecule has 7 nitrogen and oxygen atoms in total. The minimum absolute atomic E-state index is 0.237. The molecule has 0 unspecified atom stereocenters. The molecule has 1 amide bonds. The summed E-state index contributed by atoms with van der Waals surface area (Å²) < 4.78 is 42.6. The van der Waals surface area contributed by atoms with E-state index in [-0.39, 0.29) is 5.69 Å². The molecule has 0 aliphatic rings. The first-order valence-corrected chi connectivity index (χ1v) is 8.05. The molecule has 0 saturated heterocycles. The van der Waals surface area contributed by atoms with Crippen molar-refractivity contribution < 1.29 is 18.0 Å². The number of carbonyl (C=O) groups is 1. The minimum atomic E-state index is -4.64. The van der Waals surface area contributed by atoms with Crippen LogP contribution in [0.1, 0.15) is 22.8 Å². The number of nitrogens with zero attached hydrogens (tertiary/aromatic N) is 4. The van der Waals surface area contributed by atoms with Crippen LogP contribution in [0.2, 0.25) is 0 Å². The predicted octanol–water partition coefficient (Wildman–Crippen LogP) is 3.16. The monoisotopic (exact) mass is 378 g/mol. The van der Waals surface area contributed by atoms with Gasteiger partial charge < -0.3 is 11.1 Å². The standard InChI is InChI=1S/C17H17F3N6O/c1-3-26-15(12(21)8-22-26)14-13(9-25(2)24-14)23-16(27)10-6-4-5-7-11(10)17(18,19)20/h4-9H,3,21H2,1-2H3,(H,23,27). The van der Waals surface area contributed by atoms with Gasteiger partial charge in [0.15, 0.2) is 0 Å². The lowest BCUT2D eigenvalue weighted by atomic mass is 10.1. The van der Waals surface area contributed by atoms with Crippen LogP contribution < -0.4 is 11.1 Å². The Morgan fingerprint density at radius 1 is 1.30 bits per heavy atom. The summed E-state index contributed by atoms with van der Waals surface area (Å²) in [6.45, 7) is 2.37. The average Bonchev–Trinajstić information content (AvgIpc) is 3.15. The van der Waals surface area contributed by atoms with Crippen molar-refractivity contribution in [2.45, 2.75) is 19.6 Å². The van der Waals surface area contributed by atoms with Crippen molar-refractivity contribution in [3.63, 3.8) is 0 Å². The van der Waals surface area contributed by atoms with Crippen molar-refractivity contribution >= 4 is 17.3 Å². The van der Waals surface area contributed by atoms with Gasteiger partial charge in [-0.3, -0.25) is 14.2 Å². The van der Waals surface area contributed by atoms with Gasteiger partial charge >= 0.3 is 6.18 Å². The lowest BCUT2D eigenvalue weighted by molar-refractivity contribution is -0.137. The molecule has 0 radical (unpaired) electrons. The molecular formula is C17H17F3N6O. The summed E-state index contributed by atoms with van der Waals surface area (Å²) in [5.74, 6) is -0.890. The second-order valence-corrected chi connectivity index (χ2v) is 5.83. The summed E-state index contributed by atoms with van der Waals surface area (Å²) >= 11 is 0. The largest absolute Gasteiger partial charge is 0.417 e. The van der Waals surface area contributed by atoms with Crippen LogP contribution in [-0.2, 0) is 19.8 Å². The molecular weight excluding hydrogens is 361 g/mol. The van der Waals surface area contributed by atoms with Gasteiger partial charge in [-0.05, 0) is 19.1 Å². The second kappa shape index (κ2) is 6.78. The number of hydrogen-bond donors (Lipinski definition) is 2. The van der Waals surface area contributed by atoms with Gasteiger partial charge in [-0.2, -0.15) is 23.4 Å². The maximum Gasteiger partial charge on any atom is 0.417 e. The second-order valence-electron chi connectivity index (χ2n) is 5.83. The first kappa shape index (κ1) is 18.5. The summed E-state index contributed by atoms with van der Waals surface area (Å²) in [6, 6.07) is 4.59. The first-order chi connectivity index (χ1) is 12.7. The number of nitrogen functional groups attached to an aromatic ring is 1. The smallest absolute Gasteiger partial charge is 0.396 e. The van der Waals surface area contributed by atoms with Gasteiger partial charge in [-0.25, -0.2) is 0 Å². The highest BCUT2D eigenvalue weighted by atomic mass is 19.4. The average molecular weight is 378 g/mol. The molecule has 2 heterocycles. The Hall–Kier alpha value is -3.30. The molecule has 3 aromatic rings. The number of hydrogen-bond acceptors (Lipinski definition) is 4. The Morgan fingerprint density at radius 2 is 2.00 bits per heavy atom. The number of amides is 1. The molecule has 3 rings (SSSR count). The molecule has 0 saturated carbocycles. The van der Waals surface area contributed by atoms with Crippen molar-refractivity contribution in [2.24, 2.45) is 7.05 Å². The third kappa shape index (κ3) is 3.50. The molecule has 10 heteroatoms. The minimum Gasteiger partial charge on any atom is -0.396 e. The quantitative estimate of drug-likeness (QED) is 0.730. The Morgan fingerprint density at radius 3 is 2.67 bits per heavy atom. The molecule has 0 aliphatic carbocycles. The Balaban J connectivity index is 2.01. The van der Waals surface area contributed by atoms with Crippen LogP contribution in [0.3, 0.4) is 0 Å². The highest BCUT2D eigenvalue weighted by Crippen LogP contribution is 2.34. The zero-order valence-electron chi connectivity index (χ0n) is 14.6. The number of rotatable bonds is 4. The summed E-state index contributed by atoms with van der Waals surface area (Å²) in [5.41, 5.74) is 5.87. The zero-order chi connectivity index (χ0) is 19.8. The molecule has 3 N–H and O–H groups in total. The van der Waals surface area contributed by atoms with E-state index in [1.54, 1.807) is 11.7 Å². The maximum absolute atomic E-state index is 13.2. The van der Waals surface area contributed by atoms with Crippen molar-refractivity contribution in [1.29, 1.82) is 0 Å². The lowest BCUT2D eigenvalue weighted by Crippen LogP contribution is -2.19. The topological polar surface area (TPSA) is 90.8 Å². The van der Waals surface area contributed by atoms with Gasteiger partial charge in [-0.15, -0.1) is 0 Å². The van der Waals surface area contributed by atoms with Crippen molar-refractivity contribution in [3.8, 4) is 11.4 Å². The van der Waals surface area contributed by atoms with E-state index in [1.165, 1.54) is 29.2 Å². The van der Waals surface area contributed by atoms with Crippen LogP contribution >= 0.6 is 0 Å². The number of nitrogens with two attached hydrogens (primary N) is 1. The number of aryl methyl sites for hydroxylation is 2. The number of anilines is 2. The van der Waals surface area contributed by atoms with E-state index < -0.39 is 23.2 Å². The Labute approximate surface area is 152 Å². The zero-order valence-corrected chi connectivity index (χ0v) is 14.6. The summed E-state index contributed by atoms with van der Waals surface area (Å²) in [7, 11) is 1.63. The van der Waals surface area contributed by atoms with Crippen LogP contribution in [-0.4, -0.2) is 25.5 Å². The molecule has 2 aromatic heterocycles. The van der Waals surface area contributed by atoms with Gasteiger partial charge in [0.1, 0.15) is 11.4 Å². The van der Waals surface area contributed by atoms with E-state index in [0.717, 1.165) is 12.1 Å². The maximum atomic E-state index is 13.2. The third-order valence-electron chi connectivity index (χ3n) is 3.95. The van der Waals surface area contributed by atoms with E-state index in [1.807, 2.05) is 6.92 Å². The summed E-state index contributed by atoms with van der Waals surface area (Å²) in [5, 5.41) is 10.9. The van der Waals surface area contributed by atoms with Crippen molar-refractivity contribution in [1.82, 2.24) is 19.6 Å². The highest BCUT2D eigenvalue weighted by Gasteiger charge is 2.35. The van der Waals surface area contributed by atoms with Crippen LogP contribution in [0.25, 0.3) is 11.4 Å². The molecule has 142 valence electrons. The number of alkyl halides is 3. The van der Waals surface area contributed by atoms with Gasteiger partial charge in [0.25, 0.3) is 5.91 Å². The highest BCUT2D eigenvalue weighted by molar-refractivity contribution is 6.07. The number of benzene rings is 1. The van der Waals surface area contributed by atoms with E-state index in [0.29, 0.717) is 23.6 Å². The Bertz CT molecular complexity index is 989. The van der Waals surface area contributed by atoms with Crippen LogP contribution in [0.15, 0.2) is 36.7 Å². The fourth-order valence-electron chi connectivity index (χ4n) is 2.77. The number of nitrogens with one attached hydrogen (secondary N) is 1. The van der Waals surface area contributed by atoms with E-state index in [4.69, 9.17) is 5.73 Å². The van der Waals surface area contributed by atoms with E-state index >= 15 is 0 Å². The third-order valence-corrected chi connectivity index (χ3v) is 3.95. The van der Waals surface area contributed by atoms with E-state index in [2.05, 4.69) is 15.5 Å². The van der Waals surface area contributed by atoms with Gasteiger partial charge in [0, 0.05) is 19.8 Å². The van der Waals surface area contributed by atoms with E-state index in [9.17, 15) is 18.0 Å². The van der Waals surface area contributed by atoms with Gasteiger partial charge in [0.05, 0.1) is 28.7 Å². The number of aromatic nitrogens is 4. The molecule has 1 aromatic carbocycles. The number of carbonyl (C=O) groups excluding carboxylic acids is 1. The molecule has 27 heavy (non-hydrogen) atoms. The van der Waals surface area contributed by atoms with Crippen LogP contribution in [0.4, 0.5) is 24.5 Å². The molecule has 0 spiro atoms. The fourth-order valence-corrected chi connectivity index (χ4v) is 2.77. The Kier molecular flexibility index (Phi) is 4.64. The van der Waals surface area contributed by atoms with Gasteiger partial charge in [-0.1, -0.05) is 12.1 Å². The van der Waals surface area contributed by atoms with Crippen LogP contribution in [0.5, 0.6) is 0 Å². The van der Waals surface area contributed by atoms with Crippen LogP contribution in [0, 0.1) is 0 Å². The first-order valence-electron chi connectivity index (χ1n) is 8.05. The number of halogens is 3. The summed E-state index contributed by atoms with van der Waals surface area (Å²) in [4.78, 5) is 12.6. The predicted molar refractivity (Wildman–Crippen MR) is 93.9 cm³/mol. The lowest BCUT2D eigenvalue weighted by Gasteiger charge is -2.13. The van der Waals surface area contributed by atoms with Crippen molar-refractivity contribution in [3.05, 3.63) is 47.8 Å². The molecule has 0 fully saturated rings.